The number of urea groups is 1. The summed E-state index contributed by atoms with van der Waals surface area (Å²) in [5, 5.41) is 5.39. The zero-order valence-corrected chi connectivity index (χ0v) is 15.9. The summed E-state index contributed by atoms with van der Waals surface area (Å²) in [6.45, 7) is 2.55. The molecule has 2 N–H and O–H groups in total. The maximum atomic E-state index is 13.1. The number of carbonyl (C=O) groups is 2. The number of alkyl halides is 3. The molecule has 0 radical (unpaired) electrons. The number of anilines is 1. The van der Waals surface area contributed by atoms with Gasteiger partial charge in [-0.3, -0.25) is 4.79 Å². The summed E-state index contributed by atoms with van der Waals surface area (Å²) in [7, 11) is 0. The Morgan fingerprint density at radius 1 is 1.17 bits per heavy atom. The Bertz CT molecular complexity index is 881. The molecule has 1 atom stereocenters. The average Bonchev–Trinajstić information content (AvgIpc) is 3.07. The Morgan fingerprint density at radius 2 is 1.90 bits per heavy atom. The number of likely N-dealkylation sites (tertiary alicyclic amines) is 1. The number of hydrogen-bond donors (Lipinski definition) is 2. The molecular weight excluding hydrogens is 383 g/mol. The van der Waals surface area contributed by atoms with Crippen molar-refractivity contribution in [1.82, 2.24) is 10.2 Å². The molecule has 5 nitrogen and oxygen atoms in total. The van der Waals surface area contributed by atoms with Crippen LogP contribution in [-0.4, -0.2) is 29.9 Å². The topological polar surface area (TPSA) is 61.4 Å². The quantitative estimate of drug-likeness (QED) is 0.770. The van der Waals surface area contributed by atoms with Gasteiger partial charge < -0.3 is 15.5 Å². The minimum atomic E-state index is -4.49. The molecule has 8 heteroatoms. The third-order valence-corrected chi connectivity index (χ3v) is 4.81. The summed E-state index contributed by atoms with van der Waals surface area (Å²) in [6.07, 6.45) is -3.39. The van der Waals surface area contributed by atoms with Crippen LogP contribution in [0.1, 0.15) is 35.6 Å². The van der Waals surface area contributed by atoms with Crippen molar-refractivity contribution in [3.05, 3.63) is 65.2 Å². The van der Waals surface area contributed by atoms with Crippen LogP contribution in [0.15, 0.2) is 48.5 Å². The Balaban J connectivity index is 1.80. The number of nitrogens with zero attached hydrogens (tertiary/aromatic N) is 1. The van der Waals surface area contributed by atoms with Gasteiger partial charge in [-0.05, 0) is 43.2 Å². The van der Waals surface area contributed by atoms with Crippen LogP contribution in [0.4, 0.5) is 23.7 Å². The van der Waals surface area contributed by atoms with Gasteiger partial charge in [0.1, 0.15) is 0 Å². The third-order valence-electron chi connectivity index (χ3n) is 4.81. The van der Waals surface area contributed by atoms with Gasteiger partial charge in [0.15, 0.2) is 0 Å². The van der Waals surface area contributed by atoms with Gasteiger partial charge in [0.05, 0.1) is 11.6 Å². The smallest absolute Gasteiger partial charge is 0.340 e. The highest BCUT2D eigenvalue weighted by Gasteiger charge is 2.32. The lowest BCUT2D eigenvalue weighted by atomic mass is 10.0. The van der Waals surface area contributed by atoms with Gasteiger partial charge in [0.2, 0.25) is 5.91 Å². The van der Waals surface area contributed by atoms with Crippen LogP contribution in [0, 0.1) is 6.92 Å². The highest BCUT2D eigenvalue weighted by atomic mass is 19.4. The van der Waals surface area contributed by atoms with Gasteiger partial charge in [0.25, 0.3) is 0 Å². The van der Waals surface area contributed by atoms with Gasteiger partial charge in [-0.25, -0.2) is 4.79 Å². The third kappa shape index (κ3) is 5.49. The number of nitrogens with one attached hydrogen (secondary N) is 2. The fourth-order valence-electron chi connectivity index (χ4n) is 3.25. The molecule has 1 fully saturated rings. The number of carbonyl (C=O) groups excluding carboxylic acids is 2. The fourth-order valence-corrected chi connectivity index (χ4v) is 3.25. The molecular formula is C21H22F3N3O2. The lowest BCUT2D eigenvalue weighted by Crippen LogP contribution is -2.40. The Morgan fingerprint density at radius 3 is 2.52 bits per heavy atom. The summed E-state index contributed by atoms with van der Waals surface area (Å²) in [4.78, 5) is 26.0. The first-order valence-electron chi connectivity index (χ1n) is 9.31. The molecule has 0 aromatic heterocycles. The number of amides is 3. The lowest BCUT2D eigenvalue weighted by Gasteiger charge is -2.26. The number of hydrogen-bond acceptors (Lipinski definition) is 2. The number of aryl methyl sites for hydroxylation is 1. The normalized spacial score (nSPS) is 15.3. The summed E-state index contributed by atoms with van der Waals surface area (Å²) in [5.41, 5.74) is 1.09. The lowest BCUT2D eigenvalue weighted by molar-refractivity contribution is -0.137. The van der Waals surface area contributed by atoms with E-state index in [1.54, 1.807) is 17.0 Å². The van der Waals surface area contributed by atoms with E-state index in [0.29, 0.717) is 30.6 Å². The first-order valence-corrected chi connectivity index (χ1v) is 9.31. The zero-order chi connectivity index (χ0) is 21.0. The summed E-state index contributed by atoms with van der Waals surface area (Å²) < 4.78 is 39.3. The molecule has 3 rings (SSSR count). The molecule has 0 saturated carbocycles. The van der Waals surface area contributed by atoms with Crippen LogP contribution in [0.2, 0.25) is 0 Å². The molecule has 1 aliphatic rings. The van der Waals surface area contributed by atoms with Crippen molar-refractivity contribution in [2.45, 2.75) is 32.0 Å². The zero-order valence-electron chi connectivity index (χ0n) is 15.9. The predicted molar refractivity (Wildman–Crippen MR) is 103 cm³/mol. The van der Waals surface area contributed by atoms with Crippen LogP contribution >= 0.6 is 0 Å². The summed E-state index contributed by atoms with van der Waals surface area (Å²) >= 11 is 0. The van der Waals surface area contributed by atoms with Gasteiger partial charge in [-0.1, -0.05) is 29.8 Å². The number of benzene rings is 2. The highest BCUT2D eigenvalue weighted by Crippen LogP contribution is 2.31. The molecule has 1 saturated heterocycles. The van der Waals surface area contributed by atoms with Gasteiger partial charge >= 0.3 is 12.2 Å². The second kappa shape index (κ2) is 8.55. The molecule has 154 valence electrons. The van der Waals surface area contributed by atoms with Crippen molar-refractivity contribution < 1.29 is 22.8 Å². The molecule has 1 heterocycles. The van der Waals surface area contributed by atoms with Crippen LogP contribution in [0.3, 0.4) is 0 Å². The fraction of sp³-hybridized carbons (Fsp3) is 0.333. The maximum absolute atomic E-state index is 13.1. The van der Waals surface area contributed by atoms with E-state index in [9.17, 15) is 22.8 Å². The Labute approximate surface area is 166 Å². The van der Waals surface area contributed by atoms with E-state index in [1.165, 1.54) is 12.1 Å². The number of halogens is 3. The van der Waals surface area contributed by atoms with E-state index in [0.717, 1.165) is 17.7 Å². The first-order chi connectivity index (χ1) is 13.7. The van der Waals surface area contributed by atoms with Crippen molar-refractivity contribution >= 4 is 17.6 Å². The minimum Gasteiger partial charge on any atom is -0.340 e. The van der Waals surface area contributed by atoms with Crippen molar-refractivity contribution in [3.8, 4) is 0 Å². The van der Waals surface area contributed by atoms with E-state index in [1.807, 2.05) is 19.1 Å². The van der Waals surface area contributed by atoms with E-state index < -0.39 is 23.8 Å². The van der Waals surface area contributed by atoms with Crippen LogP contribution < -0.4 is 10.6 Å². The van der Waals surface area contributed by atoms with E-state index in [-0.39, 0.29) is 12.5 Å². The largest absolute Gasteiger partial charge is 0.416 e. The molecule has 2 aromatic rings. The van der Waals surface area contributed by atoms with Gasteiger partial charge in [-0.2, -0.15) is 13.2 Å². The van der Waals surface area contributed by atoms with E-state index >= 15 is 0 Å². The van der Waals surface area contributed by atoms with Crippen LogP contribution in [0.5, 0.6) is 0 Å². The standard InChI is InChI=1S/C21H22F3N3O2/c1-14-7-9-17(10-8-14)25-20(29)26-18(13-27-11-3-6-19(27)28)15-4-2-5-16(12-15)21(22,23)24/h2,4-5,7-10,12,18H,3,6,11,13H2,1H3,(H2,25,26,29). The summed E-state index contributed by atoms with van der Waals surface area (Å²) in [5.74, 6) is -0.0669. The molecule has 3 amide bonds. The van der Waals surface area contributed by atoms with Crippen molar-refractivity contribution in [3.63, 3.8) is 0 Å². The molecule has 0 spiro atoms. The molecule has 1 aliphatic heterocycles. The Kier molecular flexibility index (Phi) is 6.10. The van der Waals surface area contributed by atoms with E-state index in [2.05, 4.69) is 10.6 Å². The van der Waals surface area contributed by atoms with Gasteiger partial charge in [-0.15, -0.1) is 0 Å². The maximum Gasteiger partial charge on any atom is 0.416 e. The van der Waals surface area contributed by atoms with Crippen LogP contribution in [-0.2, 0) is 11.0 Å². The second-order valence-electron chi connectivity index (χ2n) is 7.08. The van der Waals surface area contributed by atoms with Gasteiger partial charge in [0, 0.05) is 25.2 Å². The van der Waals surface area contributed by atoms with Crippen LogP contribution in [0.25, 0.3) is 0 Å². The summed E-state index contributed by atoms with van der Waals surface area (Å²) in [6, 6.07) is 10.6. The molecule has 2 aromatic carbocycles. The highest BCUT2D eigenvalue weighted by molar-refractivity contribution is 5.89. The molecule has 1 unspecified atom stereocenters. The molecule has 29 heavy (non-hydrogen) atoms. The average molecular weight is 405 g/mol. The molecule has 0 bridgehead atoms. The van der Waals surface area contributed by atoms with Crippen molar-refractivity contribution in [2.75, 3.05) is 18.4 Å². The van der Waals surface area contributed by atoms with Crippen molar-refractivity contribution in [2.24, 2.45) is 0 Å². The first kappa shape index (κ1) is 20.7. The minimum absolute atomic E-state index is 0.0669. The molecule has 0 aliphatic carbocycles. The SMILES string of the molecule is Cc1ccc(NC(=O)NC(CN2CCCC2=O)c2cccc(C(F)(F)F)c2)cc1. The number of rotatable bonds is 5. The monoisotopic (exact) mass is 405 g/mol. The Hall–Kier alpha value is -3.03. The van der Waals surface area contributed by atoms with E-state index in [4.69, 9.17) is 0 Å². The predicted octanol–water partition coefficient (Wildman–Crippen LogP) is 4.50. The van der Waals surface area contributed by atoms with Crippen molar-refractivity contribution in [1.29, 1.82) is 0 Å². The second-order valence-corrected chi connectivity index (χ2v) is 7.08.